The third-order valence-electron chi connectivity index (χ3n) is 3.35. The Morgan fingerprint density at radius 3 is 2.81 bits per heavy atom. The molecular formula is C16H22ClN3O. The maximum Gasteiger partial charge on any atom is 0.144 e. The molecule has 1 aromatic carbocycles. The first-order valence-corrected chi connectivity index (χ1v) is 7.49. The highest BCUT2D eigenvalue weighted by Crippen LogP contribution is 2.27. The molecular weight excluding hydrogens is 286 g/mol. The van der Waals surface area contributed by atoms with Gasteiger partial charge in [-0.3, -0.25) is 0 Å². The molecule has 0 radical (unpaired) electrons. The van der Waals surface area contributed by atoms with Crippen LogP contribution in [0.1, 0.15) is 25.1 Å². The van der Waals surface area contributed by atoms with Gasteiger partial charge < -0.3 is 10.1 Å². The van der Waals surface area contributed by atoms with E-state index < -0.39 is 0 Å². The molecule has 0 atom stereocenters. The fourth-order valence-corrected chi connectivity index (χ4v) is 2.35. The van der Waals surface area contributed by atoms with Gasteiger partial charge in [0.25, 0.3) is 0 Å². The molecule has 21 heavy (non-hydrogen) atoms. The highest BCUT2D eigenvalue weighted by Gasteiger charge is 2.12. The summed E-state index contributed by atoms with van der Waals surface area (Å²) in [6.07, 6.45) is 1.89. The number of hydrogen-bond donors (Lipinski definition) is 1. The van der Waals surface area contributed by atoms with Crippen molar-refractivity contribution in [3.63, 3.8) is 0 Å². The number of halogens is 1. The summed E-state index contributed by atoms with van der Waals surface area (Å²) >= 11 is 6.09. The van der Waals surface area contributed by atoms with Gasteiger partial charge >= 0.3 is 0 Å². The lowest BCUT2D eigenvalue weighted by Gasteiger charge is -2.11. The molecule has 0 fully saturated rings. The number of aromatic nitrogens is 2. The van der Waals surface area contributed by atoms with Gasteiger partial charge in [-0.1, -0.05) is 25.4 Å². The predicted molar refractivity (Wildman–Crippen MR) is 86.4 cm³/mol. The van der Waals surface area contributed by atoms with Crippen molar-refractivity contribution in [2.75, 3.05) is 13.7 Å². The van der Waals surface area contributed by atoms with Crippen LogP contribution in [0, 0.1) is 12.8 Å². The summed E-state index contributed by atoms with van der Waals surface area (Å²) < 4.78 is 7.27. The molecule has 1 N–H and O–H groups in total. The van der Waals surface area contributed by atoms with Crippen LogP contribution in [0.4, 0.5) is 0 Å². The topological polar surface area (TPSA) is 39.1 Å². The van der Waals surface area contributed by atoms with Crippen LogP contribution in [0.25, 0.3) is 5.69 Å². The Kier molecular flexibility index (Phi) is 5.26. The van der Waals surface area contributed by atoms with Crippen LogP contribution >= 0.6 is 11.6 Å². The fourth-order valence-electron chi connectivity index (χ4n) is 2.18. The Morgan fingerprint density at radius 1 is 1.38 bits per heavy atom. The molecule has 0 saturated carbocycles. The van der Waals surface area contributed by atoms with Gasteiger partial charge in [0.2, 0.25) is 0 Å². The fraction of sp³-hybridized carbons (Fsp3) is 0.438. The van der Waals surface area contributed by atoms with Crippen molar-refractivity contribution in [2.45, 2.75) is 27.3 Å². The van der Waals surface area contributed by atoms with Crippen LogP contribution < -0.4 is 10.1 Å². The number of nitrogens with one attached hydrogen (secondary N) is 1. The van der Waals surface area contributed by atoms with Crippen molar-refractivity contribution in [2.24, 2.45) is 5.92 Å². The predicted octanol–water partition coefficient (Wildman–Crippen LogP) is 3.59. The normalized spacial score (nSPS) is 11.1. The van der Waals surface area contributed by atoms with E-state index in [9.17, 15) is 0 Å². The molecule has 4 nitrogen and oxygen atoms in total. The van der Waals surface area contributed by atoms with Crippen LogP contribution in [-0.4, -0.2) is 23.4 Å². The lowest BCUT2D eigenvalue weighted by atomic mass is 10.2. The van der Waals surface area contributed by atoms with E-state index in [4.69, 9.17) is 16.3 Å². The first-order chi connectivity index (χ1) is 10.0. The van der Waals surface area contributed by atoms with Gasteiger partial charge in [-0.2, -0.15) is 5.10 Å². The third kappa shape index (κ3) is 3.77. The van der Waals surface area contributed by atoms with Gasteiger partial charge in [0, 0.05) is 22.8 Å². The molecule has 0 spiro atoms. The van der Waals surface area contributed by atoms with Gasteiger partial charge in [0.15, 0.2) is 0 Å². The van der Waals surface area contributed by atoms with E-state index in [-0.39, 0.29) is 0 Å². The van der Waals surface area contributed by atoms with Crippen molar-refractivity contribution in [3.05, 3.63) is 40.7 Å². The molecule has 0 unspecified atom stereocenters. The highest BCUT2D eigenvalue weighted by molar-refractivity contribution is 6.30. The van der Waals surface area contributed by atoms with E-state index in [0.717, 1.165) is 30.2 Å². The number of rotatable bonds is 6. The molecule has 0 saturated heterocycles. The summed E-state index contributed by atoms with van der Waals surface area (Å²) in [4.78, 5) is 0. The van der Waals surface area contributed by atoms with Crippen molar-refractivity contribution in [3.8, 4) is 11.4 Å². The summed E-state index contributed by atoms with van der Waals surface area (Å²) in [6.45, 7) is 8.25. The number of ether oxygens (including phenoxy) is 1. The van der Waals surface area contributed by atoms with Gasteiger partial charge in [0.05, 0.1) is 13.3 Å². The zero-order valence-corrected chi connectivity index (χ0v) is 13.7. The zero-order valence-electron chi connectivity index (χ0n) is 13.0. The van der Waals surface area contributed by atoms with Crippen LogP contribution in [0.3, 0.4) is 0 Å². The molecule has 2 rings (SSSR count). The second kappa shape index (κ2) is 6.96. The highest BCUT2D eigenvalue weighted by atomic mass is 35.5. The van der Waals surface area contributed by atoms with Gasteiger partial charge in [0.1, 0.15) is 11.4 Å². The minimum atomic E-state index is 0.633. The van der Waals surface area contributed by atoms with Crippen LogP contribution in [0.5, 0.6) is 5.75 Å². The van der Waals surface area contributed by atoms with E-state index in [1.165, 1.54) is 5.56 Å². The van der Waals surface area contributed by atoms with E-state index in [1.807, 2.05) is 29.1 Å². The number of benzene rings is 1. The van der Waals surface area contributed by atoms with Crippen molar-refractivity contribution in [1.29, 1.82) is 0 Å². The minimum absolute atomic E-state index is 0.633. The number of nitrogens with zero attached hydrogens (tertiary/aromatic N) is 2. The van der Waals surface area contributed by atoms with Gasteiger partial charge in [-0.15, -0.1) is 0 Å². The minimum Gasteiger partial charge on any atom is -0.494 e. The van der Waals surface area contributed by atoms with E-state index in [1.54, 1.807) is 7.11 Å². The Labute approximate surface area is 131 Å². The zero-order chi connectivity index (χ0) is 15.4. The first-order valence-electron chi connectivity index (χ1n) is 7.11. The van der Waals surface area contributed by atoms with Crippen molar-refractivity contribution < 1.29 is 4.74 Å². The van der Waals surface area contributed by atoms with E-state index in [0.29, 0.717) is 10.9 Å². The standard InChI is InChI=1S/C16H22ClN3O/c1-11(2)8-18-9-13-10-19-20(12(13)3)15-7-14(17)5-6-16(15)21-4/h5-7,10-11,18H,8-9H2,1-4H3. The van der Waals surface area contributed by atoms with Crippen LogP contribution in [0.15, 0.2) is 24.4 Å². The molecule has 0 bridgehead atoms. The average Bonchev–Trinajstić information content (AvgIpc) is 2.80. The lowest BCUT2D eigenvalue weighted by molar-refractivity contribution is 0.411. The van der Waals surface area contributed by atoms with Crippen molar-refractivity contribution in [1.82, 2.24) is 15.1 Å². The summed E-state index contributed by atoms with van der Waals surface area (Å²) in [6, 6.07) is 5.54. The third-order valence-corrected chi connectivity index (χ3v) is 3.58. The molecule has 0 aliphatic carbocycles. The first kappa shape index (κ1) is 15.9. The van der Waals surface area contributed by atoms with E-state index in [2.05, 4.69) is 31.2 Å². The molecule has 1 aromatic heterocycles. The largest absolute Gasteiger partial charge is 0.494 e. The number of methoxy groups -OCH3 is 1. The maximum absolute atomic E-state index is 6.09. The second-order valence-corrected chi connectivity index (χ2v) is 5.94. The number of hydrogen-bond acceptors (Lipinski definition) is 3. The summed E-state index contributed by atoms with van der Waals surface area (Å²) in [5, 5.41) is 8.57. The summed E-state index contributed by atoms with van der Waals surface area (Å²) in [5.41, 5.74) is 3.13. The Bertz CT molecular complexity index is 608. The van der Waals surface area contributed by atoms with Crippen LogP contribution in [-0.2, 0) is 6.54 Å². The van der Waals surface area contributed by atoms with Gasteiger partial charge in [-0.05, 0) is 37.6 Å². The molecule has 0 aliphatic rings. The van der Waals surface area contributed by atoms with E-state index >= 15 is 0 Å². The van der Waals surface area contributed by atoms with Gasteiger partial charge in [-0.25, -0.2) is 4.68 Å². The Hall–Kier alpha value is -1.52. The molecule has 114 valence electrons. The molecule has 0 amide bonds. The lowest BCUT2D eigenvalue weighted by Crippen LogP contribution is -2.19. The summed E-state index contributed by atoms with van der Waals surface area (Å²) in [5.74, 6) is 1.39. The van der Waals surface area contributed by atoms with Crippen LogP contribution in [0.2, 0.25) is 5.02 Å². The quantitative estimate of drug-likeness (QED) is 0.886. The monoisotopic (exact) mass is 307 g/mol. The summed E-state index contributed by atoms with van der Waals surface area (Å²) in [7, 11) is 1.65. The Morgan fingerprint density at radius 2 is 2.14 bits per heavy atom. The van der Waals surface area contributed by atoms with Crippen molar-refractivity contribution >= 4 is 11.6 Å². The SMILES string of the molecule is COc1ccc(Cl)cc1-n1ncc(CNCC(C)C)c1C. The maximum atomic E-state index is 6.09. The second-order valence-electron chi connectivity index (χ2n) is 5.51. The Balaban J connectivity index is 2.26. The molecule has 0 aliphatic heterocycles. The average molecular weight is 308 g/mol. The molecule has 2 aromatic rings. The smallest absolute Gasteiger partial charge is 0.144 e. The molecule has 5 heteroatoms. The molecule has 1 heterocycles.